The van der Waals surface area contributed by atoms with E-state index >= 15 is 0 Å². The van der Waals surface area contributed by atoms with Gasteiger partial charge in [-0.2, -0.15) is 0 Å². The number of benzene rings is 1. The number of thioether (sulfide) groups is 1. The summed E-state index contributed by atoms with van der Waals surface area (Å²) in [6.45, 7) is 1.66. The highest BCUT2D eigenvalue weighted by Crippen LogP contribution is 2.29. The average Bonchev–Trinajstić information content (AvgIpc) is 2.38. The van der Waals surface area contributed by atoms with E-state index in [9.17, 15) is 18.3 Å². The zero-order chi connectivity index (χ0) is 15.5. The molecule has 0 aliphatic rings. The monoisotopic (exact) mass is 319 g/mol. The van der Waals surface area contributed by atoms with Gasteiger partial charge in [-0.25, -0.2) is 17.5 Å². The van der Waals surface area contributed by atoms with Crippen LogP contribution in [0.4, 0.5) is 0 Å². The number of carboxylic acid groups (broad SMARTS) is 1. The highest BCUT2D eigenvalue weighted by Gasteiger charge is 2.21. The molecule has 0 radical (unpaired) electrons. The molecule has 0 aliphatic carbocycles. The number of rotatable bonds is 6. The molecule has 8 heteroatoms. The van der Waals surface area contributed by atoms with Crippen LogP contribution in [-0.4, -0.2) is 54.9 Å². The minimum Gasteiger partial charge on any atom is -0.478 e. The molecular weight excluding hydrogens is 302 g/mol. The third-order valence-electron chi connectivity index (χ3n) is 2.55. The van der Waals surface area contributed by atoms with Crippen LogP contribution in [0.3, 0.4) is 0 Å². The molecule has 0 fully saturated rings. The SMILES string of the molecule is CC(CO)Sc1ccc(S(=O)(=O)N(C)C)cc1C(=O)O. The number of carbonyl (C=O) groups is 1. The van der Waals surface area contributed by atoms with Crippen molar-refractivity contribution >= 4 is 27.8 Å². The van der Waals surface area contributed by atoms with Gasteiger partial charge in [-0.15, -0.1) is 11.8 Å². The third-order valence-corrected chi connectivity index (χ3v) is 5.52. The molecule has 0 heterocycles. The van der Waals surface area contributed by atoms with Crippen LogP contribution in [0.2, 0.25) is 0 Å². The second-order valence-corrected chi connectivity index (χ2v) is 7.99. The summed E-state index contributed by atoms with van der Waals surface area (Å²) in [6.07, 6.45) is 0. The third kappa shape index (κ3) is 3.72. The first-order valence-corrected chi connectivity index (χ1v) is 8.09. The lowest BCUT2D eigenvalue weighted by atomic mass is 10.2. The second-order valence-electron chi connectivity index (χ2n) is 4.36. The maximum absolute atomic E-state index is 12.0. The largest absolute Gasteiger partial charge is 0.478 e. The topological polar surface area (TPSA) is 94.9 Å². The molecular formula is C12H17NO5S2. The molecule has 6 nitrogen and oxygen atoms in total. The van der Waals surface area contributed by atoms with E-state index in [1.54, 1.807) is 6.92 Å². The number of carboxylic acids is 1. The van der Waals surface area contributed by atoms with E-state index in [2.05, 4.69) is 0 Å². The Labute approximate surface area is 122 Å². The number of aromatic carboxylic acids is 1. The van der Waals surface area contributed by atoms with E-state index < -0.39 is 16.0 Å². The number of sulfonamides is 1. The lowest BCUT2D eigenvalue weighted by Crippen LogP contribution is -2.22. The molecule has 1 unspecified atom stereocenters. The van der Waals surface area contributed by atoms with Gasteiger partial charge in [0.1, 0.15) is 0 Å². The Bertz CT molecular complexity index is 598. The summed E-state index contributed by atoms with van der Waals surface area (Å²) in [5, 5.41) is 18.0. The molecule has 0 spiro atoms. The molecule has 112 valence electrons. The molecule has 1 atom stereocenters. The Balaban J connectivity index is 3.31. The fraction of sp³-hybridized carbons (Fsp3) is 0.417. The number of hydrogen-bond donors (Lipinski definition) is 2. The Hall–Kier alpha value is -1.09. The van der Waals surface area contributed by atoms with Gasteiger partial charge in [0, 0.05) is 24.2 Å². The normalized spacial score (nSPS) is 13.4. The van der Waals surface area contributed by atoms with Gasteiger partial charge in [0.2, 0.25) is 10.0 Å². The van der Waals surface area contributed by atoms with Crippen LogP contribution in [0, 0.1) is 0 Å². The molecule has 1 aromatic carbocycles. The van der Waals surface area contributed by atoms with Gasteiger partial charge in [-0.05, 0) is 18.2 Å². The van der Waals surface area contributed by atoms with E-state index in [-0.39, 0.29) is 22.3 Å². The van der Waals surface area contributed by atoms with Crippen molar-refractivity contribution in [3.8, 4) is 0 Å². The van der Waals surface area contributed by atoms with Gasteiger partial charge in [-0.3, -0.25) is 0 Å². The van der Waals surface area contributed by atoms with E-state index in [4.69, 9.17) is 5.11 Å². The van der Waals surface area contributed by atoms with Crippen molar-refractivity contribution in [3.63, 3.8) is 0 Å². The van der Waals surface area contributed by atoms with Crippen molar-refractivity contribution in [1.82, 2.24) is 4.31 Å². The Morgan fingerprint density at radius 2 is 2.00 bits per heavy atom. The summed E-state index contributed by atoms with van der Waals surface area (Å²) in [4.78, 5) is 11.6. The quantitative estimate of drug-likeness (QED) is 0.763. The average molecular weight is 319 g/mol. The van der Waals surface area contributed by atoms with Crippen LogP contribution < -0.4 is 0 Å². The molecule has 20 heavy (non-hydrogen) atoms. The number of hydrogen-bond acceptors (Lipinski definition) is 5. The lowest BCUT2D eigenvalue weighted by molar-refractivity contribution is 0.0692. The van der Waals surface area contributed by atoms with Crippen molar-refractivity contribution in [2.75, 3.05) is 20.7 Å². The lowest BCUT2D eigenvalue weighted by Gasteiger charge is -2.14. The van der Waals surface area contributed by atoms with Crippen LogP contribution in [-0.2, 0) is 10.0 Å². The van der Waals surface area contributed by atoms with Gasteiger partial charge >= 0.3 is 5.97 Å². The zero-order valence-corrected chi connectivity index (χ0v) is 13.0. The molecule has 0 aliphatic heterocycles. The molecule has 0 amide bonds. The van der Waals surface area contributed by atoms with Gasteiger partial charge in [0.15, 0.2) is 0 Å². The van der Waals surface area contributed by atoms with Crippen molar-refractivity contribution in [2.45, 2.75) is 22.0 Å². The fourth-order valence-corrected chi connectivity index (χ4v) is 3.26. The summed E-state index contributed by atoms with van der Waals surface area (Å²) in [7, 11) is -0.910. The zero-order valence-electron chi connectivity index (χ0n) is 11.4. The molecule has 0 aromatic heterocycles. The number of aliphatic hydroxyl groups is 1. The standard InChI is InChI=1S/C12H17NO5S2/c1-8(7-14)19-11-5-4-9(6-10(11)12(15)16)20(17,18)13(2)3/h4-6,8,14H,7H2,1-3H3,(H,15,16). The maximum Gasteiger partial charge on any atom is 0.336 e. The fourth-order valence-electron chi connectivity index (χ4n) is 1.40. The second kappa shape index (κ2) is 6.57. The number of nitrogens with zero attached hydrogens (tertiary/aromatic N) is 1. The van der Waals surface area contributed by atoms with Crippen molar-refractivity contribution in [2.24, 2.45) is 0 Å². The highest BCUT2D eigenvalue weighted by atomic mass is 32.2. The Kier molecular flexibility index (Phi) is 5.58. The van der Waals surface area contributed by atoms with E-state index in [1.807, 2.05) is 0 Å². The molecule has 1 rings (SSSR count). The van der Waals surface area contributed by atoms with Crippen molar-refractivity contribution in [3.05, 3.63) is 23.8 Å². The first-order valence-electron chi connectivity index (χ1n) is 5.77. The molecule has 0 bridgehead atoms. The highest BCUT2D eigenvalue weighted by molar-refractivity contribution is 8.00. The minimum absolute atomic E-state index is 0.0686. The van der Waals surface area contributed by atoms with Gasteiger partial charge in [0.05, 0.1) is 17.1 Å². The molecule has 0 saturated heterocycles. The van der Waals surface area contributed by atoms with Gasteiger partial charge in [-0.1, -0.05) is 6.92 Å². The summed E-state index contributed by atoms with van der Waals surface area (Å²) >= 11 is 1.19. The first-order chi connectivity index (χ1) is 9.20. The summed E-state index contributed by atoms with van der Waals surface area (Å²) in [5.41, 5.74) is -0.0850. The van der Waals surface area contributed by atoms with Gasteiger partial charge < -0.3 is 10.2 Å². The van der Waals surface area contributed by atoms with Gasteiger partial charge in [0.25, 0.3) is 0 Å². The predicted molar refractivity (Wildman–Crippen MR) is 76.7 cm³/mol. The van der Waals surface area contributed by atoms with Crippen LogP contribution in [0.25, 0.3) is 0 Å². The molecule has 0 saturated carbocycles. The Morgan fingerprint density at radius 3 is 2.45 bits per heavy atom. The van der Waals surface area contributed by atoms with Crippen LogP contribution in [0.1, 0.15) is 17.3 Å². The summed E-state index contributed by atoms with van der Waals surface area (Å²) in [5.74, 6) is -1.20. The molecule has 2 N–H and O–H groups in total. The minimum atomic E-state index is -3.67. The van der Waals surface area contributed by atoms with Crippen LogP contribution in [0.15, 0.2) is 28.0 Å². The van der Waals surface area contributed by atoms with E-state index in [1.165, 1.54) is 38.0 Å². The smallest absolute Gasteiger partial charge is 0.336 e. The van der Waals surface area contributed by atoms with Crippen molar-refractivity contribution in [1.29, 1.82) is 0 Å². The van der Waals surface area contributed by atoms with Crippen LogP contribution >= 0.6 is 11.8 Å². The van der Waals surface area contributed by atoms with Crippen molar-refractivity contribution < 1.29 is 23.4 Å². The van der Waals surface area contributed by atoms with E-state index in [0.29, 0.717) is 4.90 Å². The summed E-state index contributed by atoms with van der Waals surface area (Å²) < 4.78 is 25.0. The Morgan fingerprint density at radius 1 is 1.40 bits per heavy atom. The summed E-state index contributed by atoms with van der Waals surface area (Å²) in [6, 6.07) is 3.97. The molecule has 1 aromatic rings. The first kappa shape index (κ1) is 17.0. The van der Waals surface area contributed by atoms with Crippen LogP contribution in [0.5, 0.6) is 0 Å². The predicted octanol–water partition coefficient (Wildman–Crippen LogP) is 1.11. The maximum atomic E-state index is 12.0. The van der Waals surface area contributed by atoms with E-state index in [0.717, 1.165) is 10.4 Å². The number of aliphatic hydroxyl groups excluding tert-OH is 1.